The quantitative estimate of drug-likeness (QED) is 0.178. The molecule has 3 aliphatic heterocycles. The normalized spacial score (nSPS) is 31.8. The van der Waals surface area contributed by atoms with Crippen molar-refractivity contribution >= 4 is 11.0 Å². The molecular formula is C28H30O15. The predicted octanol–water partition coefficient (Wildman–Crippen LogP) is -1.16. The molecule has 4 heterocycles. The first-order chi connectivity index (χ1) is 20.6. The zero-order valence-corrected chi connectivity index (χ0v) is 22.7. The highest BCUT2D eigenvalue weighted by molar-refractivity contribution is 5.85. The van der Waals surface area contributed by atoms with Gasteiger partial charge in [-0.2, -0.15) is 0 Å². The molecular weight excluding hydrogens is 576 g/mol. The second-order valence-electron chi connectivity index (χ2n) is 10.4. The van der Waals surface area contributed by atoms with E-state index in [1.54, 1.807) is 18.2 Å². The monoisotopic (exact) mass is 606 g/mol. The van der Waals surface area contributed by atoms with Crippen LogP contribution in [0.25, 0.3) is 22.1 Å². The molecule has 15 nitrogen and oxygen atoms in total. The Morgan fingerprint density at radius 3 is 2.51 bits per heavy atom. The molecule has 2 fully saturated rings. The van der Waals surface area contributed by atoms with E-state index in [2.05, 4.69) is 0 Å². The molecule has 0 saturated carbocycles. The third kappa shape index (κ3) is 5.28. The maximum atomic E-state index is 13.4. The third-order valence-electron chi connectivity index (χ3n) is 7.66. The van der Waals surface area contributed by atoms with Gasteiger partial charge in [0.05, 0.1) is 37.9 Å². The molecule has 0 spiro atoms. The third-order valence-corrected chi connectivity index (χ3v) is 7.66. The molecule has 0 aliphatic carbocycles. The zero-order chi connectivity index (χ0) is 30.5. The minimum atomic E-state index is -1.93. The molecule has 2 aromatic carbocycles. The maximum absolute atomic E-state index is 13.4. The van der Waals surface area contributed by atoms with Crippen LogP contribution in [0, 0.1) is 0 Å². The number of aliphatic hydroxyl groups excluding tert-OH is 5. The lowest BCUT2D eigenvalue weighted by Crippen LogP contribution is -2.60. The second kappa shape index (κ2) is 11.5. The van der Waals surface area contributed by atoms with Gasteiger partial charge in [-0.15, -0.1) is 0 Å². The van der Waals surface area contributed by atoms with E-state index in [0.717, 1.165) is 0 Å². The van der Waals surface area contributed by atoms with E-state index in [9.17, 15) is 35.4 Å². The van der Waals surface area contributed by atoms with Crippen molar-refractivity contribution < 1.29 is 68.2 Å². The van der Waals surface area contributed by atoms with Crippen molar-refractivity contribution in [3.8, 4) is 34.1 Å². The summed E-state index contributed by atoms with van der Waals surface area (Å²) in [7, 11) is 1.34. The van der Waals surface area contributed by atoms with Crippen LogP contribution < -0.4 is 24.4 Å². The number of fused-ring (bicyclic) bond motifs is 2. The maximum Gasteiger partial charge on any atom is 0.231 e. The first-order valence-corrected chi connectivity index (χ1v) is 13.3. The summed E-state index contributed by atoms with van der Waals surface area (Å²) < 4.78 is 44.0. The summed E-state index contributed by atoms with van der Waals surface area (Å²) >= 11 is 0. The Morgan fingerprint density at radius 1 is 0.977 bits per heavy atom. The van der Waals surface area contributed by atoms with Crippen LogP contribution in [0.1, 0.15) is 0 Å². The Balaban J connectivity index is 1.22. The molecule has 0 radical (unpaired) electrons. The molecule has 3 aromatic rings. The number of aliphatic hydroxyl groups is 6. The average molecular weight is 607 g/mol. The molecule has 15 heteroatoms. The topological polar surface area (TPSA) is 216 Å². The van der Waals surface area contributed by atoms with Gasteiger partial charge in [0.25, 0.3) is 0 Å². The highest BCUT2D eigenvalue weighted by atomic mass is 16.7. The Kier molecular flexibility index (Phi) is 7.93. The van der Waals surface area contributed by atoms with Crippen molar-refractivity contribution in [2.24, 2.45) is 0 Å². The fourth-order valence-corrected chi connectivity index (χ4v) is 5.05. The van der Waals surface area contributed by atoms with Crippen LogP contribution in [0.3, 0.4) is 0 Å². The fourth-order valence-electron chi connectivity index (χ4n) is 5.05. The van der Waals surface area contributed by atoms with Gasteiger partial charge < -0.3 is 68.2 Å². The molecule has 2 saturated heterocycles. The van der Waals surface area contributed by atoms with E-state index >= 15 is 0 Å². The molecule has 43 heavy (non-hydrogen) atoms. The van der Waals surface area contributed by atoms with Gasteiger partial charge >= 0.3 is 0 Å². The lowest BCUT2D eigenvalue weighted by Gasteiger charge is -2.40. The highest BCUT2D eigenvalue weighted by Gasteiger charge is 2.50. The van der Waals surface area contributed by atoms with Crippen molar-refractivity contribution in [1.29, 1.82) is 0 Å². The van der Waals surface area contributed by atoms with Gasteiger partial charge in [0, 0.05) is 6.07 Å². The molecule has 8 atom stereocenters. The van der Waals surface area contributed by atoms with Crippen LogP contribution >= 0.6 is 0 Å². The van der Waals surface area contributed by atoms with Gasteiger partial charge in [-0.05, 0) is 23.8 Å². The molecule has 3 aliphatic rings. The first kappa shape index (κ1) is 29.6. The molecule has 0 amide bonds. The molecule has 1 aromatic heterocycles. The number of ether oxygens (including phenoxy) is 7. The van der Waals surface area contributed by atoms with Gasteiger partial charge in [-0.1, -0.05) is 6.07 Å². The summed E-state index contributed by atoms with van der Waals surface area (Å²) in [6, 6.07) is 7.82. The average Bonchev–Trinajstić information content (AvgIpc) is 3.60. The van der Waals surface area contributed by atoms with Crippen molar-refractivity contribution in [3.05, 3.63) is 46.8 Å². The summed E-state index contributed by atoms with van der Waals surface area (Å²) in [5.41, 5.74) is -1.35. The van der Waals surface area contributed by atoms with Crippen molar-refractivity contribution in [2.75, 3.05) is 33.7 Å². The largest absolute Gasteiger partial charge is 0.493 e. The van der Waals surface area contributed by atoms with Crippen molar-refractivity contribution in [2.45, 2.75) is 48.7 Å². The van der Waals surface area contributed by atoms with E-state index in [-0.39, 0.29) is 40.3 Å². The molecule has 8 unspecified atom stereocenters. The smallest absolute Gasteiger partial charge is 0.231 e. The van der Waals surface area contributed by atoms with Crippen LogP contribution in [0.5, 0.6) is 23.0 Å². The Morgan fingerprint density at radius 2 is 1.77 bits per heavy atom. The molecule has 6 rings (SSSR count). The number of methoxy groups -OCH3 is 1. The van der Waals surface area contributed by atoms with E-state index in [4.69, 9.17) is 37.6 Å². The standard InChI is InChI=1S/C28H30O15/c1-36-17-5-13-16(37-7-14(21(13)30)12-2-3-15-18(4-12)41-11-40-15)6-19(17)42-26-24(33)23(32)22(31)20(43-26)8-38-27-25(34)28(35,9-29)10-39-27/h2-7,20,22-27,29,31-35H,8-11H2,1H3. The number of benzene rings is 2. The summed E-state index contributed by atoms with van der Waals surface area (Å²) in [6.07, 6.45) is -9.58. The molecule has 0 bridgehead atoms. The van der Waals surface area contributed by atoms with Crippen LogP contribution in [0.2, 0.25) is 0 Å². The minimum absolute atomic E-state index is 0.0103. The lowest BCUT2D eigenvalue weighted by atomic mass is 9.99. The second-order valence-corrected chi connectivity index (χ2v) is 10.4. The minimum Gasteiger partial charge on any atom is -0.493 e. The van der Waals surface area contributed by atoms with Crippen molar-refractivity contribution in [1.82, 2.24) is 0 Å². The molecule has 232 valence electrons. The van der Waals surface area contributed by atoms with Gasteiger partial charge in [-0.3, -0.25) is 4.79 Å². The SMILES string of the molecule is COc1cc2c(=O)c(-c3ccc4c(c3)OCO4)coc2cc1OC1OC(COC2OCC(O)(CO)C2O)C(O)C(O)C1O. The summed E-state index contributed by atoms with van der Waals surface area (Å²) in [5, 5.41) is 61.4. The highest BCUT2D eigenvalue weighted by Crippen LogP contribution is 2.38. The Hall–Kier alpha value is -3.51. The summed E-state index contributed by atoms with van der Waals surface area (Å²) in [4.78, 5) is 13.4. The van der Waals surface area contributed by atoms with E-state index < -0.39 is 68.5 Å². The van der Waals surface area contributed by atoms with Crippen LogP contribution in [0.15, 0.2) is 45.8 Å². The van der Waals surface area contributed by atoms with Gasteiger partial charge in [0.1, 0.15) is 48.0 Å². The summed E-state index contributed by atoms with van der Waals surface area (Å²) in [5.74, 6) is 1.13. The number of hydrogen-bond acceptors (Lipinski definition) is 15. The lowest BCUT2D eigenvalue weighted by molar-refractivity contribution is -0.289. The van der Waals surface area contributed by atoms with Crippen LogP contribution in [0.4, 0.5) is 0 Å². The van der Waals surface area contributed by atoms with E-state index in [1.165, 1.54) is 25.5 Å². The van der Waals surface area contributed by atoms with E-state index in [0.29, 0.717) is 17.1 Å². The summed E-state index contributed by atoms with van der Waals surface area (Å²) in [6.45, 7) is -1.54. The molecule has 6 N–H and O–H groups in total. The van der Waals surface area contributed by atoms with Crippen molar-refractivity contribution in [3.63, 3.8) is 0 Å². The van der Waals surface area contributed by atoms with Gasteiger partial charge in [-0.25, -0.2) is 0 Å². The number of hydrogen-bond donors (Lipinski definition) is 6. The van der Waals surface area contributed by atoms with Gasteiger partial charge in [0.2, 0.25) is 18.5 Å². The van der Waals surface area contributed by atoms with Gasteiger partial charge in [0.15, 0.2) is 29.3 Å². The van der Waals surface area contributed by atoms with Crippen LogP contribution in [-0.2, 0) is 14.2 Å². The Bertz CT molecular complexity index is 1540. The van der Waals surface area contributed by atoms with E-state index in [1.807, 2.05) is 0 Å². The zero-order valence-electron chi connectivity index (χ0n) is 22.7. The van der Waals surface area contributed by atoms with Crippen LogP contribution in [-0.4, -0.2) is 113 Å². The Labute approximate surface area is 242 Å². The first-order valence-electron chi connectivity index (χ1n) is 13.3. The fraction of sp³-hybridized carbons (Fsp3) is 0.464. The predicted molar refractivity (Wildman–Crippen MR) is 142 cm³/mol. The number of rotatable bonds is 8.